The van der Waals surface area contributed by atoms with E-state index in [0.717, 1.165) is 49.6 Å². The van der Waals surface area contributed by atoms with Gasteiger partial charge < -0.3 is 9.13 Å². The Bertz CT molecular complexity index is 1950. The molecule has 7 rings (SSSR count). The molecule has 5 heteroatoms. The van der Waals surface area contributed by atoms with Crippen LogP contribution in [0.2, 0.25) is 0 Å². The van der Waals surface area contributed by atoms with Crippen molar-refractivity contribution in [3.05, 3.63) is 138 Å². The van der Waals surface area contributed by atoms with Gasteiger partial charge in [0, 0.05) is 39.8 Å². The molecule has 0 saturated heterocycles. The van der Waals surface area contributed by atoms with Gasteiger partial charge in [-0.25, -0.2) is 0 Å². The van der Waals surface area contributed by atoms with Gasteiger partial charge in [-0.1, -0.05) is 66.7 Å². The van der Waals surface area contributed by atoms with Gasteiger partial charge in [0.25, 0.3) is 5.69 Å². The van der Waals surface area contributed by atoms with Crippen LogP contribution in [0.1, 0.15) is 0 Å². The van der Waals surface area contributed by atoms with Crippen molar-refractivity contribution in [1.29, 1.82) is 0 Å². The van der Waals surface area contributed by atoms with Gasteiger partial charge in [-0.2, -0.15) is 0 Å². The van der Waals surface area contributed by atoms with E-state index in [-0.39, 0.29) is 10.6 Å². The Hall–Kier alpha value is -5.16. The number of nitro groups is 1. The predicted molar refractivity (Wildman–Crippen MR) is 150 cm³/mol. The number of benzene rings is 5. The summed E-state index contributed by atoms with van der Waals surface area (Å²) in [7, 11) is 0. The van der Waals surface area contributed by atoms with Gasteiger partial charge in [0.2, 0.25) is 0 Å². The van der Waals surface area contributed by atoms with Gasteiger partial charge in [0.05, 0.1) is 27.0 Å². The van der Waals surface area contributed by atoms with Gasteiger partial charge in [0.15, 0.2) is 0 Å². The van der Waals surface area contributed by atoms with Crippen LogP contribution < -0.4 is 0 Å². The summed E-state index contributed by atoms with van der Waals surface area (Å²) in [5.41, 5.74) is 6.45. The molecule has 0 saturated carbocycles. The van der Waals surface area contributed by atoms with Crippen molar-refractivity contribution in [3.63, 3.8) is 0 Å². The summed E-state index contributed by atoms with van der Waals surface area (Å²) in [5.74, 6) is 0. The van der Waals surface area contributed by atoms with Crippen LogP contribution >= 0.6 is 0 Å². The van der Waals surface area contributed by atoms with Gasteiger partial charge in [-0.3, -0.25) is 10.1 Å². The molecule has 37 heavy (non-hydrogen) atoms. The Kier molecular flexibility index (Phi) is 4.69. The molecule has 5 nitrogen and oxygen atoms in total. The molecular weight excluding hydrogens is 458 g/mol. The highest BCUT2D eigenvalue weighted by molar-refractivity contribution is 6.10. The minimum Gasteiger partial charge on any atom is -0.316 e. The van der Waals surface area contributed by atoms with E-state index < -0.39 is 0 Å². The first kappa shape index (κ1) is 21.1. The molecule has 0 aliphatic carbocycles. The lowest BCUT2D eigenvalue weighted by Gasteiger charge is -2.10. The standard InChI is InChI=1S/C32H21N3O2/c36-35(37)32-21-30-23(17-18-33(30)24-9-3-1-4-10-24)19-28(32)22-15-16-27-26-13-7-8-14-29(26)34(31(27)20-22)25-11-5-2-6-12-25/h1-21H. The van der Waals surface area contributed by atoms with Crippen molar-refractivity contribution in [3.8, 4) is 22.5 Å². The zero-order valence-corrected chi connectivity index (χ0v) is 19.8. The maximum absolute atomic E-state index is 12.3. The smallest absolute Gasteiger partial charge is 0.279 e. The minimum atomic E-state index is -0.284. The monoisotopic (exact) mass is 479 g/mol. The first-order valence-electron chi connectivity index (χ1n) is 12.1. The molecule has 0 radical (unpaired) electrons. The predicted octanol–water partition coefficient (Wildman–Crippen LogP) is 8.30. The van der Waals surface area contributed by atoms with Crippen molar-refractivity contribution >= 4 is 38.4 Å². The summed E-state index contributed by atoms with van der Waals surface area (Å²) < 4.78 is 4.22. The van der Waals surface area contributed by atoms with Gasteiger partial charge in [-0.05, 0) is 54.1 Å². The zero-order chi connectivity index (χ0) is 24.9. The second-order valence-electron chi connectivity index (χ2n) is 9.13. The largest absolute Gasteiger partial charge is 0.316 e. The van der Waals surface area contributed by atoms with Crippen LogP contribution in [0.5, 0.6) is 0 Å². The number of para-hydroxylation sites is 3. The van der Waals surface area contributed by atoms with Gasteiger partial charge >= 0.3 is 0 Å². The highest BCUT2D eigenvalue weighted by atomic mass is 16.6. The second-order valence-corrected chi connectivity index (χ2v) is 9.13. The summed E-state index contributed by atoms with van der Waals surface area (Å²) in [6.45, 7) is 0. The fourth-order valence-electron chi connectivity index (χ4n) is 5.36. The molecule has 0 bridgehead atoms. The number of aromatic nitrogens is 2. The average molecular weight is 480 g/mol. The van der Waals surface area contributed by atoms with E-state index in [4.69, 9.17) is 0 Å². The average Bonchev–Trinajstić information content (AvgIpc) is 3.51. The molecular formula is C32H21N3O2. The Morgan fingerprint density at radius 2 is 1.27 bits per heavy atom. The Balaban J connectivity index is 1.49. The van der Waals surface area contributed by atoms with Crippen molar-refractivity contribution in [2.45, 2.75) is 0 Å². The molecule has 2 aromatic heterocycles. The Labute approximate surface area is 212 Å². The third-order valence-corrected chi connectivity index (χ3v) is 7.04. The van der Waals surface area contributed by atoms with Crippen LogP contribution in [0, 0.1) is 10.1 Å². The molecule has 176 valence electrons. The quantitative estimate of drug-likeness (QED) is 0.188. The summed E-state index contributed by atoms with van der Waals surface area (Å²) in [4.78, 5) is 12.0. The van der Waals surface area contributed by atoms with E-state index in [1.807, 2.05) is 89.6 Å². The number of rotatable bonds is 4. The fraction of sp³-hybridized carbons (Fsp3) is 0. The second kappa shape index (κ2) is 8.21. The van der Waals surface area contributed by atoms with Crippen LogP contribution in [-0.4, -0.2) is 14.1 Å². The Morgan fingerprint density at radius 1 is 0.595 bits per heavy atom. The maximum atomic E-state index is 12.3. The third-order valence-electron chi connectivity index (χ3n) is 7.04. The molecule has 0 spiro atoms. The SMILES string of the molecule is O=[N+]([O-])c1cc2c(ccn2-c2ccccc2)cc1-c1ccc2c3ccccc3n(-c3ccccc3)c2c1. The molecule has 0 aliphatic heterocycles. The number of nitrogens with zero attached hydrogens (tertiary/aromatic N) is 3. The van der Waals surface area contributed by atoms with Crippen molar-refractivity contribution in [1.82, 2.24) is 9.13 Å². The molecule has 7 aromatic rings. The highest BCUT2D eigenvalue weighted by Crippen LogP contribution is 2.39. The van der Waals surface area contributed by atoms with Gasteiger partial charge in [-0.15, -0.1) is 0 Å². The minimum absolute atomic E-state index is 0.0881. The van der Waals surface area contributed by atoms with Crippen LogP contribution in [0.15, 0.2) is 128 Å². The van der Waals surface area contributed by atoms with E-state index in [0.29, 0.717) is 5.56 Å². The van der Waals surface area contributed by atoms with Crippen LogP contribution in [-0.2, 0) is 0 Å². The molecule has 2 heterocycles. The van der Waals surface area contributed by atoms with E-state index in [1.165, 1.54) is 0 Å². The normalized spacial score (nSPS) is 11.5. The number of nitro benzene ring substituents is 1. The lowest BCUT2D eigenvalue weighted by Crippen LogP contribution is -1.96. The molecule has 0 fully saturated rings. The van der Waals surface area contributed by atoms with E-state index in [9.17, 15) is 10.1 Å². The molecule has 5 aromatic carbocycles. The van der Waals surface area contributed by atoms with Crippen molar-refractivity contribution < 1.29 is 4.92 Å². The van der Waals surface area contributed by atoms with Gasteiger partial charge in [0.1, 0.15) is 0 Å². The molecule has 0 N–H and O–H groups in total. The molecule has 0 atom stereocenters. The maximum Gasteiger partial charge on any atom is 0.279 e. The lowest BCUT2D eigenvalue weighted by atomic mass is 10.00. The summed E-state index contributed by atoms with van der Waals surface area (Å²) in [5, 5.41) is 15.5. The van der Waals surface area contributed by atoms with E-state index in [2.05, 4.69) is 41.0 Å². The number of hydrogen-bond acceptors (Lipinski definition) is 2. The molecule has 0 amide bonds. The van der Waals surface area contributed by atoms with Crippen LogP contribution in [0.3, 0.4) is 0 Å². The third kappa shape index (κ3) is 3.32. The van der Waals surface area contributed by atoms with E-state index in [1.54, 1.807) is 6.07 Å². The molecule has 0 unspecified atom stereocenters. The summed E-state index contributed by atoms with van der Waals surface area (Å²) >= 11 is 0. The molecule has 0 aliphatic rings. The first-order chi connectivity index (χ1) is 18.2. The number of hydrogen-bond donors (Lipinski definition) is 0. The highest BCUT2D eigenvalue weighted by Gasteiger charge is 2.21. The van der Waals surface area contributed by atoms with Crippen molar-refractivity contribution in [2.75, 3.05) is 0 Å². The van der Waals surface area contributed by atoms with Crippen LogP contribution in [0.25, 0.3) is 55.2 Å². The fourth-order valence-corrected chi connectivity index (χ4v) is 5.36. The Morgan fingerprint density at radius 3 is 2.03 bits per heavy atom. The van der Waals surface area contributed by atoms with E-state index >= 15 is 0 Å². The van der Waals surface area contributed by atoms with Crippen LogP contribution in [0.4, 0.5) is 5.69 Å². The van der Waals surface area contributed by atoms with Crippen molar-refractivity contribution in [2.24, 2.45) is 0 Å². The summed E-state index contributed by atoms with van der Waals surface area (Å²) in [6, 6.07) is 40.2. The lowest BCUT2D eigenvalue weighted by molar-refractivity contribution is -0.384. The topological polar surface area (TPSA) is 53.0 Å². The number of fused-ring (bicyclic) bond motifs is 4. The first-order valence-corrected chi connectivity index (χ1v) is 12.1. The zero-order valence-electron chi connectivity index (χ0n) is 19.8. The summed E-state index contributed by atoms with van der Waals surface area (Å²) in [6.07, 6.45) is 1.96.